The number of aromatic nitrogens is 2. The van der Waals surface area contributed by atoms with E-state index in [1.807, 2.05) is 30.3 Å². The van der Waals surface area contributed by atoms with E-state index in [-0.39, 0.29) is 5.82 Å². The van der Waals surface area contributed by atoms with E-state index in [9.17, 15) is 13.9 Å². The number of methoxy groups -OCH3 is 1. The third-order valence-corrected chi connectivity index (χ3v) is 5.83. The van der Waals surface area contributed by atoms with Crippen molar-refractivity contribution >= 4 is 21.7 Å². The Hall–Kier alpha value is -3.77. The molecule has 5 aromatic rings. The molecule has 0 aliphatic carbocycles. The lowest BCUT2D eigenvalue weighted by Crippen LogP contribution is -2.30. The molecule has 0 saturated heterocycles. The van der Waals surface area contributed by atoms with Crippen LogP contribution in [0.2, 0.25) is 0 Å². The van der Waals surface area contributed by atoms with E-state index in [4.69, 9.17) is 4.74 Å². The van der Waals surface area contributed by atoms with Gasteiger partial charge in [0.25, 0.3) is 0 Å². The summed E-state index contributed by atoms with van der Waals surface area (Å²) in [5.41, 5.74) is 0.307. The average molecular weight is 430 g/mol. The first kappa shape index (κ1) is 20.2. The molecule has 0 radical (unpaired) electrons. The Labute approximate surface area is 183 Å². The number of benzene rings is 4. The second-order valence-corrected chi connectivity index (χ2v) is 7.66. The fourth-order valence-electron chi connectivity index (χ4n) is 4.21. The first-order chi connectivity index (χ1) is 15.5. The van der Waals surface area contributed by atoms with Crippen molar-refractivity contribution in [3.05, 3.63) is 102 Å². The van der Waals surface area contributed by atoms with Gasteiger partial charge in [0.15, 0.2) is 0 Å². The standard InChI is InChI=1S/C26H20F2N2O2/c1-32-24-13-6-17-4-2-3-5-22(17)25(24)26(31,16-27)19-7-12-23-18(14-19)15-29-30(23)21-10-8-20(28)9-11-21/h2-15,31H,16H2,1H3. The van der Waals surface area contributed by atoms with E-state index in [1.54, 1.807) is 47.3 Å². The summed E-state index contributed by atoms with van der Waals surface area (Å²) in [6.07, 6.45) is 1.64. The minimum atomic E-state index is -1.92. The summed E-state index contributed by atoms with van der Waals surface area (Å²) >= 11 is 0. The van der Waals surface area contributed by atoms with Gasteiger partial charge in [-0.25, -0.2) is 13.5 Å². The predicted molar refractivity (Wildman–Crippen MR) is 121 cm³/mol. The maximum absolute atomic E-state index is 14.6. The number of hydrogen-bond donors (Lipinski definition) is 1. The van der Waals surface area contributed by atoms with Gasteiger partial charge in [0.1, 0.15) is 23.8 Å². The fraction of sp³-hybridized carbons (Fsp3) is 0.115. The van der Waals surface area contributed by atoms with Crippen LogP contribution < -0.4 is 4.74 Å². The molecule has 1 aromatic heterocycles. The van der Waals surface area contributed by atoms with Crippen molar-refractivity contribution in [1.82, 2.24) is 9.78 Å². The summed E-state index contributed by atoms with van der Waals surface area (Å²) in [6.45, 7) is -1.03. The SMILES string of the molecule is COc1ccc2ccccc2c1C(O)(CF)c1ccc2c(cnn2-c2ccc(F)cc2)c1. The van der Waals surface area contributed by atoms with Gasteiger partial charge in [-0.05, 0) is 58.8 Å². The van der Waals surface area contributed by atoms with Crippen LogP contribution in [0.3, 0.4) is 0 Å². The number of alkyl halides is 1. The van der Waals surface area contributed by atoms with Gasteiger partial charge >= 0.3 is 0 Å². The highest BCUT2D eigenvalue weighted by Gasteiger charge is 2.36. The molecule has 1 unspecified atom stereocenters. The molecule has 1 heterocycles. The largest absolute Gasteiger partial charge is 0.496 e. The number of fused-ring (bicyclic) bond motifs is 2. The molecule has 0 spiro atoms. The highest BCUT2D eigenvalue weighted by Crippen LogP contribution is 2.41. The second-order valence-electron chi connectivity index (χ2n) is 7.66. The van der Waals surface area contributed by atoms with Gasteiger partial charge in [0, 0.05) is 10.9 Å². The van der Waals surface area contributed by atoms with E-state index in [1.165, 1.54) is 19.2 Å². The molecule has 6 heteroatoms. The Bertz CT molecular complexity index is 1430. The minimum absolute atomic E-state index is 0.329. The normalized spacial score (nSPS) is 13.4. The molecule has 0 fully saturated rings. The van der Waals surface area contributed by atoms with Crippen molar-refractivity contribution in [2.24, 2.45) is 0 Å². The number of ether oxygens (including phenoxy) is 1. The van der Waals surface area contributed by atoms with Gasteiger partial charge in [0.05, 0.1) is 24.5 Å². The van der Waals surface area contributed by atoms with Crippen LogP contribution in [0.5, 0.6) is 5.75 Å². The first-order valence-corrected chi connectivity index (χ1v) is 10.1. The maximum atomic E-state index is 14.6. The van der Waals surface area contributed by atoms with Crippen molar-refractivity contribution in [2.75, 3.05) is 13.8 Å². The van der Waals surface area contributed by atoms with Crippen LogP contribution in [0.15, 0.2) is 85.1 Å². The number of nitrogens with zero attached hydrogens (tertiary/aromatic N) is 2. The van der Waals surface area contributed by atoms with Gasteiger partial charge in [-0.1, -0.05) is 36.4 Å². The van der Waals surface area contributed by atoms with Gasteiger partial charge in [-0.2, -0.15) is 5.10 Å². The zero-order chi connectivity index (χ0) is 22.3. The summed E-state index contributed by atoms with van der Waals surface area (Å²) < 4.78 is 35.1. The van der Waals surface area contributed by atoms with Crippen molar-refractivity contribution in [3.8, 4) is 11.4 Å². The zero-order valence-electron chi connectivity index (χ0n) is 17.3. The molecule has 0 bridgehead atoms. The van der Waals surface area contributed by atoms with E-state index >= 15 is 0 Å². The molecule has 4 aromatic carbocycles. The Morgan fingerprint density at radius 2 is 1.75 bits per heavy atom. The Kier molecular flexibility index (Phi) is 4.87. The van der Waals surface area contributed by atoms with Gasteiger partial charge in [0.2, 0.25) is 0 Å². The number of rotatable bonds is 5. The second kappa shape index (κ2) is 7.73. The highest BCUT2D eigenvalue weighted by molar-refractivity contribution is 5.90. The third-order valence-electron chi connectivity index (χ3n) is 5.83. The number of hydrogen-bond acceptors (Lipinski definition) is 3. The summed E-state index contributed by atoms with van der Waals surface area (Å²) in [7, 11) is 1.50. The van der Waals surface area contributed by atoms with Crippen molar-refractivity contribution in [1.29, 1.82) is 0 Å². The van der Waals surface area contributed by atoms with Crippen molar-refractivity contribution < 1.29 is 18.6 Å². The fourth-order valence-corrected chi connectivity index (χ4v) is 4.21. The first-order valence-electron chi connectivity index (χ1n) is 10.1. The quantitative estimate of drug-likeness (QED) is 0.399. The van der Waals surface area contributed by atoms with Gasteiger partial charge in [-0.15, -0.1) is 0 Å². The van der Waals surface area contributed by atoms with Gasteiger partial charge < -0.3 is 9.84 Å². The Morgan fingerprint density at radius 3 is 2.50 bits per heavy atom. The summed E-state index contributed by atoms with van der Waals surface area (Å²) in [6, 6.07) is 22.3. The van der Waals surface area contributed by atoms with Crippen molar-refractivity contribution in [2.45, 2.75) is 5.60 Å². The third kappa shape index (κ3) is 3.11. The lowest BCUT2D eigenvalue weighted by Gasteiger charge is -2.29. The lowest BCUT2D eigenvalue weighted by molar-refractivity contribution is 0.0510. The average Bonchev–Trinajstić information content (AvgIpc) is 3.26. The Morgan fingerprint density at radius 1 is 0.969 bits per heavy atom. The smallest absolute Gasteiger partial charge is 0.147 e. The van der Waals surface area contributed by atoms with Crippen LogP contribution in [0.1, 0.15) is 11.1 Å². The van der Waals surface area contributed by atoms with E-state index in [0.717, 1.165) is 16.3 Å². The lowest BCUT2D eigenvalue weighted by atomic mass is 9.83. The molecule has 1 atom stereocenters. The summed E-state index contributed by atoms with van der Waals surface area (Å²) in [5.74, 6) is 0.0792. The number of halogens is 2. The topological polar surface area (TPSA) is 47.3 Å². The van der Waals surface area contributed by atoms with Crippen molar-refractivity contribution in [3.63, 3.8) is 0 Å². The Balaban J connectivity index is 1.69. The molecule has 0 saturated carbocycles. The molecule has 32 heavy (non-hydrogen) atoms. The molecule has 160 valence electrons. The molecule has 1 N–H and O–H groups in total. The summed E-state index contributed by atoms with van der Waals surface area (Å²) in [5, 5.41) is 18.4. The zero-order valence-corrected chi connectivity index (χ0v) is 17.3. The van der Waals surface area contributed by atoms with Crippen LogP contribution in [0.4, 0.5) is 8.78 Å². The highest BCUT2D eigenvalue weighted by atomic mass is 19.1. The van der Waals surface area contributed by atoms with E-state index in [2.05, 4.69) is 5.10 Å². The monoisotopic (exact) mass is 430 g/mol. The molecule has 0 aliphatic heterocycles. The maximum Gasteiger partial charge on any atom is 0.147 e. The van der Waals surface area contributed by atoms with Crippen LogP contribution >= 0.6 is 0 Å². The van der Waals surface area contributed by atoms with Gasteiger partial charge in [-0.3, -0.25) is 0 Å². The molecule has 5 rings (SSSR count). The van der Waals surface area contributed by atoms with E-state index in [0.29, 0.717) is 28.0 Å². The predicted octanol–water partition coefficient (Wildman–Crippen LogP) is 5.53. The van der Waals surface area contributed by atoms with Crippen LogP contribution in [0.25, 0.3) is 27.4 Å². The molecular formula is C26H20F2N2O2. The molecule has 0 aliphatic rings. The molecule has 4 nitrogen and oxygen atoms in total. The molecular weight excluding hydrogens is 410 g/mol. The van der Waals surface area contributed by atoms with Crippen LogP contribution in [-0.2, 0) is 5.60 Å². The van der Waals surface area contributed by atoms with Crippen LogP contribution in [-0.4, -0.2) is 28.7 Å². The molecule has 0 amide bonds. The van der Waals surface area contributed by atoms with E-state index < -0.39 is 12.3 Å². The number of aliphatic hydroxyl groups is 1. The summed E-state index contributed by atoms with van der Waals surface area (Å²) in [4.78, 5) is 0. The minimum Gasteiger partial charge on any atom is -0.496 e. The van der Waals surface area contributed by atoms with Crippen LogP contribution in [0, 0.1) is 5.82 Å².